The highest BCUT2D eigenvalue weighted by Crippen LogP contribution is 2.35. The lowest BCUT2D eigenvalue weighted by molar-refractivity contribution is -0.384. The molecular formula is C21H21F3N4O4. The number of hydrogen-bond donors (Lipinski definition) is 2. The summed E-state index contributed by atoms with van der Waals surface area (Å²) in [5.74, 6) is -1.45. The van der Waals surface area contributed by atoms with Crippen molar-refractivity contribution >= 4 is 34.6 Å². The first kappa shape index (κ1) is 23.0. The number of carbonyl (C=O) groups excluding carboxylic acids is 2. The second-order valence-corrected chi connectivity index (χ2v) is 7.44. The van der Waals surface area contributed by atoms with Crippen LogP contribution < -0.4 is 15.5 Å². The number of nitro groups is 1. The van der Waals surface area contributed by atoms with Gasteiger partial charge < -0.3 is 15.5 Å². The van der Waals surface area contributed by atoms with E-state index in [9.17, 15) is 32.9 Å². The van der Waals surface area contributed by atoms with Crippen molar-refractivity contribution in [3.05, 3.63) is 58.1 Å². The normalized spacial score (nSPS) is 14.7. The molecule has 0 unspecified atom stereocenters. The number of piperidine rings is 1. The zero-order valence-electron chi connectivity index (χ0n) is 17.1. The first-order valence-corrected chi connectivity index (χ1v) is 9.84. The maximum Gasteiger partial charge on any atom is 0.416 e. The van der Waals surface area contributed by atoms with Crippen LogP contribution in [-0.2, 0) is 15.8 Å². The fourth-order valence-electron chi connectivity index (χ4n) is 3.63. The van der Waals surface area contributed by atoms with Gasteiger partial charge in [-0.05, 0) is 37.1 Å². The fraction of sp³-hybridized carbons (Fsp3) is 0.333. The lowest BCUT2D eigenvalue weighted by Crippen LogP contribution is -2.38. The number of hydrogen-bond acceptors (Lipinski definition) is 5. The molecule has 0 spiro atoms. The molecule has 2 aromatic carbocycles. The lowest BCUT2D eigenvalue weighted by Gasteiger charge is -2.32. The van der Waals surface area contributed by atoms with Crippen molar-refractivity contribution < 1.29 is 27.7 Å². The molecular weight excluding hydrogens is 429 g/mol. The third-order valence-corrected chi connectivity index (χ3v) is 5.20. The number of nitrogens with zero attached hydrogens (tertiary/aromatic N) is 2. The van der Waals surface area contributed by atoms with Crippen LogP contribution in [0.15, 0.2) is 42.5 Å². The van der Waals surface area contributed by atoms with Crippen LogP contribution in [0, 0.1) is 16.0 Å². The Morgan fingerprint density at radius 2 is 1.72 bits per heavy atom. The molecule has 0 aliphatic carbocycles. The van der Waals surface area contributed by atoms with Gasteiger partial charge in [-0.2, -0.15) is 13.2 Å². The van der Waals surface area contributed by atoms with Crippen LogP contribution in [0.1, 0.15) is 25.3 Å². The summed E-state index contributed by atoms with van der Waals surface area (Å²) in [5, 5.41) is 16.2. The molecule has 0 bridgehead atoms. The highest BCUT2D eigenvalue weighted by molar-refractivity contribution is 6.00. The van der Waals surface area contributed by atoms with Crippen molar-refractivity contribution in [2.24, 2.45) is 5.92 Å². The SMILES string of the molecule is CC(=O)Nc1ccc(C(F)(F)F)cc1NC(=O)C1CCN(c2ccccc2[N+](=O)[O-])CC1. The van der Waals surface area contributed by atoms with Gasteiger partial charge in [0.05, 0.1) is 21.9 Å². The van der Waals surface area contributed by atoms with E-state index in [1.165, 1.54) is 13.0 Å². The number of para-hydroxylation sites is 2. The van der Waals surface area contributed by atoms with Crippen LogP contribution in [0.25, 0.3) is 0 Å². The van der Waals surface area contributed by atoms with Crippen LogP contribution in [-0.4, -0.2) is 29.8 Å². The summed E-state index contributed by atoms with van der Waals surface area (Å²) >= 11 is 0. The van der Waals surface area contributed by atoms with Crippen LogP contribution in [0.5, 0.6) is 0 Å². The number of nitrogens with one attached hydrogen (secondary N) is 2. The van der Waals surface area contributed by atoms with E-state index in [1.54, 1.807) is 18.2 Å². The molecule has 8 nitrogen and oxygen atoms in total. The molecule has 0 radical (unpaired) electrons. The highest BCUT2D eigenvalue weighted by atomic mass is 19.4. The van der Waals surface area contributed by atoms with E-state index in [1.807, 2.05) is 4.90 Å². The third kappa shape index (κ3) is 5.34. The van der Waals surface area contributed by atoms with Gasteiger partial charge in [0.1, 0.15) is 5.69 Å². The van der Waals surface area contributed by atoms with Gasteiger partial charge in [0.25, 0.3) is 5.69 Å². The molecule has 2 aromatic rings. The monoisotopic (exact) mass is 450 g/mol. The molecule has 1 aliphatic heterocycles. The predicted molar refractivity (Wildman–Crippen MR) is 112 cm³/mol. The molecule has 1 aliphatic rings. The molecule has 11 heteroatoms. The molecule has 1 fully saturated rings. The second-order valence-electron chi connectivity index (χ2n) is 7.44. The number of alkyl halides is 3. The van der Waals surface area contributed by atoms with E-state index in [0.717, 1.165) is 18.2 Å². The minimum absolute atomic E-state index is 0.0284. The summed E-state index contributed by atoms with van der Waals surface area (Å²) in [4.78, 5) is 36.7. The topological polar surface area (TPSA) is 105 Å². The van der Waals surface area contributed by atoms with Crippen molar-refractivity contribution in [2.45, 2.75) is 25.9 Å². The zero-order chi connectivity index (χ0) is 23.5. The van der Waals surface area contributed by atoms with Crippen molar-refractivity contribution in [3.8, 4) is 0 Å². The van der Waals surface area contributed by atoms with Crippen LogP contribution in [0.4, 0.5) is 35.9 Å². The van der Waals surface area contributed by atoms with Crippen molar-refractivity contribution in [2.75, 3.05) is 28.6 Å². The maximum absolute atomic E-state index is 13.1. The first-order chi connectivity index (χ1) is 15.1. The van der Waals surface area contributed by atoms with E-state index in [4.69, 9.17) is 0 Å². The molecule has 2 amide bonds. The summed E-state index contributed by atoms with van der Waals surface area (Å²) in [6.07, 6.45) is -3.87. The number of carbonyl (C=O) groups is 2. The molecule has 0 aromatic heterocycles. The Morgan fingerprint density at radius 3 is 2.31 bits per heavy atom. The van der Waals surface area contributed by atoms with Gasteiger partial charge >= 0.3 is 6.18 Å². The Labute approximate surface area is 181 Å². The van der Waals surface area contributed by atoms with Crippen molar-refractivity contribution in [3.63, 3.8) is 0 Å². The summed E-state index contributed by atoms with van der Waals surface area (Å²) < 4.78 is 39.3. The molecule has 1 saturated heterocycles. The average molecular weight is 450 g/mol. The van der Waals surface area contributed by atoms with Crippen molar-refractivity contribution in [1.82, 2.24) is 0 Å². The Hall–Kier alpha value is -3.63. The summed E-state index contributed by atoms with van der Waals surface area (Å²) in [5.41, 5.74) is -0.591. The van der Waals surface area contributed by atoms with E-state index in [-0.39, 0.29) is 17.1 Å². The van der Waals surface area contributed by atoms with Gasteiger partial charge in [0, 0.05) is 32.0 Å². The number of halogens is 3. The molecule has 2 N–H and O–H groups in total. The number of anilines is 3. The van der Waals surface area contributed by atoms with E-state index in [0.29, 0.717) is 31.6 Å². The number of amides is 2. The molecule has 170 valence electrons. The standard InChI is InChI=1S/C21H21F3N4O4/c1-13(29)25-16-7-6-15(21(22,23)24)12-17(16)26-20(30)14-8-10-27(11-9-14)18-4-2-3-5-19(18)28(31)32/h2-7,12,14H,8-11H2,1H3,(H,25,29)(H,26,30). The molecule has 1 heterocycles. The van der Waals surface area contributed by atoms with Gasteiger partial charge in [-0.25, -0.2) is 0 Å². The highest BCUT2D eigenvalue weighted by Gasteiger charge is 2.32. The second kappa shape index (κ2) is 9.25. The largest absolute Gasteiger partial charge is 0.416 e. The smallest absolute Gasteiger partial charge is 0.366 e. The van der Waals surface area contributed by atoms with E-state index >= 15 is 0 Å². The number of nitro benzene ring substituents is 1. The van der Waals surface area contributed by atoms with Gasteiger partial charge in [-0.3, -0.25) is 19.7 Å². The minimum atomic E-state index is -4.61. The van der Waals surface area contributed by atoms with Gasteiger partial charge in [-0.1, -0.05) is 12.1 Å². The van der Waals surface area contributed by atoms with Crippen LogP contribution in [0.3, 0.4) is 0 Å². The molecule has 0 saturated carbocycles. The molecule has 3 rings (SSSR count). The summed E-state index contributed by atoms with van der Waals surface area (Å²) in [6.45, 7) is 1.97. The molecule has 32 heavy (non-hydrogen) atoms. The van der Waals surface area contributed by atoms with Gasteiger partial charge in [0.15, 0.2) is 0 Å². The lowest BCUT2D eigenvalue weighted by atomic mass is 9.95. The Bertz CT molecular complexity index is 1030. The van der Waals surface area contributed by atoms with Crippen molar-refractivity contribution in [1.29, 1.82) is 0 Å². The minimum Gasteiger partial charge on any atom is -0.366 e. The maximum atomic E-state index is 13.1. The Kier molecular flexibility index (Phi) is 6.66. The Morgan fingerprint density at radius 1 is 1.06 bits per heavy atom. The van der Waals surface area contributed by atoms with E-state index < -0.39 is 34.4 Å². The van der Waals surface area contributed by atoms with Gasteiger partial charge in [-0.15, -0.1) is 0 Å². The Balaban J connectivity index is 1.72. The zero-order valence-corrected chi connectivity index (χ0v) is 17.1. The van der Waals surface area contributed by atoms with Crippen LogP contribution in [0.2, 0.25) is 0 Å². The number of rotatable bonds is 5. The van der Waals surface area contributed by atoms with E-state index in [2.05, 4.69) is 10.6 Å². The third-order valence-electron chi connectivity index (χ3n) is 5.20. The number of benzene rings is 2. The van der Waals surface area contributed by atoms with Gasteiger partial charge in [0.2, 0.25) is 11.8 Å². The quantitative estimate of drug-likeness (QED) is 0.518. The fourth-order valence-corrected chi connectivity index (χ4v) is 3.63. The summed E-state index contributed by atoms with van der Waals surface area (Å²) in [6, 6.07) is 9.02. The predicted octanol–water partition coefficient (Wildman–Crippen LogP) is 4.43. The molecule has 0 atom stereocenters. The van der Waals surface area contributed by atoms with Crippen LogP contribution >= 0.6 is 0 Å². The first-order valence-electron chi connectivity index (χ1n) is 9.84. The average Bonchev–Trinajstić information content (AvgIpc) is 2.74. The summed E-state index contributed by atoms with van der Waals surface area (Å²) in [7, 11) is 0.